The second-order valence-electron chi connectivity index (χ2n) is 4.29. The molecule has 0 saturated heterocycles. The lowest BCUT2D eigenvalue weighted by Gasteiger charge is -2.11. The number of nitrogens with one attached hydrogen (secondary N) is 1. The van der Waals surface area contributed by atoms with Crippen molar-refractivity contribution >= 4 is 21.7 Å². The number of aromatic nitrogens is 3. The van der Waals surface area contributed by atoms with E-state index in [1.54, 1.807) is 19.2 Å². The van der Waals surface area contributed by atoms with Crippen LogP contribution >= 0.6 is 0 Å². The van der Waals surface area contributed by atoms with Crippen LogP contribution in [0.4, 0.5) is 11.6 Å². The van der Waals surface area contributed by atoms with E-state index < -0.39 is 10.0 Å². The van der Waals surface area contributed by atoms with Crippen molar-refractivity contribution in [3.8, 4) is 0 Å². The molecule has 3 N–H and O–H groups in total. The maximum atomic E-state index is 12.3. The Morgan fingerprint density at radius 1 is 1.26 bits per heavy atom. The molecular weight excluding hydrogens is 266 g/mol. The summed E-state index contributed by atoms with van der Waals surface area (Å²) >= 11 is 0. The summed E-state index contributed by atoms with van der Waals surface area (Å²) in [5.74, 6) is 0.137. The van der Waals surface area contributed by atoms with Crippen LogP contribution in [0, 0.1) is 13.8 Å². The highest BCUT2D eigenvalue weighted by atomic mass is 32.2. The van der Waals surface area contributed by atoms with Crippen LogP contribution in [0.1, 0.15) is 11.1 Å². The first-order valence-electron chi connectivity index (χ1n) is 5.55. The van der Waals surface area contributed by atoms with Gasteiger partial charge < -0.3 is 5.73 Å². The fraction of sp³-hybridized carbons (Fsp3) is 0.273. The van der Waals surface area contributed by atoms with Crippen LogP contribution < -0.4 is 10.5 Å². The number of aryl methyl sites for hydroxylation is 3. The van der Waals surface area contributed by atoms with Gasteiger partial charge in [0.2, 0.25) is 5.95 Å². The van der Waals surface area contributed by atoms with Gasteiger partial charge >= 0.3 is 0 Å². The summed E-state index contributed by atoms with van der Waals surface area (Å²) in [4.78, 5) is 3.86. The van der Waals surface area contributed by atoms with E-state index in [0.717, 1.165) is 11.1 Å². The highest BCUT2D eigenvalue weighted by Crippen LogP contribution is 2.24. The standard InChI is InChI=1S/C11H15N5O2S/c1-7-4-9(12)10(5-8(7)2)19(17,18)15-11-13-6-14-16(11)3/h4-6H,12H2,1-3H3,(H,13,14,15). The SMILES string of the molecule is Cc1cc(N)c(S(=O)(=O)Nc2ncnn2C)cc1C. The van der Waals surface area contributed by atoms with Gasteiger partial charge in [0.05, 0.1) is 5.69 Å². The molecule has 0 bridgehead atoms. The second kappa shape index (κ2) is 4.54. The van der Waals surface area contributed by atoms with Crippen LogP contribution in [0.15, 0.2) is 23.4 Å². The van der Waals surface area contributed by atoms with Gasteiger partial charge in [0.25, 0.3) is 10.0 Å². The van der Waals surface area contributed by atoms with Crippen molar-refractivity contribution in [1.82, 2.24) is 14.8 Å². The van der Waals surface area contributed by atoms with Gasteiger partial charge in [-0.3, -0.25) is 0 Å². The average Bonchev–Trinajstić information content (AvgIpc) is 2.69. The van der Waals surface area contributed by atoms with Crippen LogP contribution in [-0.2, 0) is 17.1 Å². The lowest BCUT2D eigenvalue weighted by atomic mass is 10.1. The lowest BCUT2D eigenvalue weighted by molar-refractivity contribution is 0.600. The van der Waals surface area contributed by atoms with Crippen LogP contribution in [-0.4, -0.2) is 23.2 Å². The van der Waals surface area contributed by atoms with E-state index in [1.165, 1.54) is 11.0 Å². The van der Waals surface area contributed by atoms with E-state index in [4.69, 9.17) is 5.73 Å². The summed E-state index contributed by atoms with van der Waals surface area (Å²) in [5, 5.41) is 3.80. The van der Waals surface area contributed by atoms with E-state index in [0.29, 0.717) is 0 Å². The Kier molecular flexibility index (Phi) is 3.19. The monoisotopic (exact) mass is 281 g/mol. The van der Waals surface area contributed by atoms with Crippen molar-refractivity contribution < 1.29 is 8.42 Å². The third-order valence-corrected chi connectivity index (χ3v) is 4.24. The summed E-state index contributed by atoms with van der Waals surface area (Å²) in [7, 11) is -2.18. The predicted molar refractivity (Wildman–Crippen MR) is 72.1 cm³/mol. The molecule has 19 heavy (non-hydrogen) atoms. The van der Waals surface area contributed by atoms with Gasteiger partial charge in [0.15, 0.2) is 0 Å². The van der Waals surface area contributed by atoms with Crippen molar-refractivity contribution in [3.63, 3.8) is 0 Å². The Morgan fingerprint density at radius 2 is 1.89 bits per heavy atom. The van der Waals surface area contributed by atoms with Crippen LogP contribution in [0.25, 0.3) is 0 Å². The minimum Gasteiger partial charge on any atom is -0.398 e. The van der Waals surface area contributed by atoms with E-state index in [9.17, 15) is 8.42 Å². The number of nitrogens with zero attached hydrogens (tertiary/aromatic N) is 3. The molecule has 1 aromatic heterocycles. The first kappa shape index (κ1) is 13.3. The van der Waals surface area contributed by atoms with Gasteiger partial charge in [-0.25, -0.2) is 17.8 Å². The molecule has 2 rings (SSSR count). The van der Waals surface area contributed by atoms with E-state index >= 15 is 0 Å². The summed E-state index contributed by atoms with van der Waals surface area (Å²) in [5.41, 5.74) is 7.78. The number of sulfonamides is 1. The molecule has 7 nitrogen and oxygen atoms in total. The molecule has 0 atom stereocenters. The Bertz CT molecular complexity index is 721. The Balaban J connectivity index is 2.46. The molecular formula is C11H15N5O2S. The number of hydrogen-bond acceptors (Lipinski definition) is 5. The number of rotatable bonds is 3. The highest BCUT2D eigenvalue weighted by molar-refractivity contribution is 7.92. The van der Waals surface area contributed by atoms with Crippen molar-refractivity contribution in [2.45, 2.75) is 18.7 Å². The zero-order valence-corrected chi connectivity index (χ0v) is 11.7. The van der Waals surface area contributed by atoms with Gasteiger partial charge in [-0.2, -0.15) is 10.1 Å². The third-order valence-electron chi connectivity index (χ3n) is 2.85. The predicted octanol–water partition coefficient (Wildman–Crippen LogP) is 0.815. The van der Waals surface area contributed by atoms with Crippen LogP contribution in [0.2, 0.25) is 0 Å². The Labute approximate surface area is 111 Å². The zero-order valence-electron chi connectivity index (χ0n) is 10.9. The number of nitrogens with two attached hydrogens (primary N) is 1. The van der Waals surface area contributed by atoms with Crippen molar-refractivity contribution in [1.29, 1.82) is 0 Å². The minimum absolute atomic E-state index is 0.0404. The maximum Gasteiger partial charge on any atom is 0.266 e. The number of nitrogen functional groups attached to an aromatic ring is 1. The minimum atomic E-state index is -3.77. The molecule has 0 aliphatic heterocycles. The van der Waals surface area contributed by atoms with Gasteiger partial charge in [-0.05, 0) is 37.1 Å². The molecule has 0 aliphatic rings. The normalized spacial score (nSPS) is 11.5. The summed E-state index contributed by atoms with van der Waals surface area (Å²) in [6.07, 6.45) is 1.27. The van der Waals surface area contributed by atoms with E-state index in [2.05, 4.69) is 14.8 Å². The Morgan fingerprint density at radius 3 is 2.47 bits per heavy atom. The van der Waals surface area contributed by atoms with E-state index in [1.807, 2.05) is 13.8 Å². The van der Waals surface area contributed by atoms with Crippen LogP contribution in [0.5, 0.6) is 0 Å². The van der Waals surface area contributed by atoms with Gasteiger partial charge in [0.1, 0.15) is 11.2 Å². The van der Waals surface area contributed by atoms with Gasteiger partial charge in [-0.1, -0.05) is 0 Å². The second-order valence-corrected chi connectivity index (χ2v) is 5.94. The Hall–Kier alpha value is -2.09. The fourth-order valence-electron chi connectivity index (χ4n) is 1.61. The number of anilines is 2. The average molecular weight is 281 g/mol. The fourth-order valence-corrected chi connectivity index (χ4v) is 2.84. The molecule has 0 unspecified atom stereocenters. The quantitative estimate of drug-likeness (QED) is 0.811. The molecule has 0 amide bonds. The highest BCUT2D eigenvalue weighted by Gasteiger charge is 2.20. The van der Waals surface area contributed by atoms with Gasteiger partial charge in [-0.15, -0.1) is 0 Å². The molecule has 1 heterocycles. The third kappa shape index (κ3) is 2.53. The largest absolute Gasteiger partial charge is 0.398 e. The van der Waals surface area contributed by atoms with Crippen LogP contribution in [0.3, 0.4) is 0 Å². The zero-order chi connectivity index (χ0) is 14.2. The molecule has 8 heteroatoms. The summed E-state index contributed by atoms with van der Waals surface area (Å²) in [6.45, 7) is 3.70. The molecule has 0 aliphatic carbocycles. The summed E-state index contributed by atoms with van der Waals surface area (Å²) in [6, 6.07) is 3.18. The first-order chi connectivity index (χ1) is 8.81. The lowest BCUT2D eigenvalue weighted by Crippen LogP contribution is -2.18. The molecule has 0 fully saturated rings. The topological polar surface area (TPSA) is 103 Å². The van der Waals surface area contributed by atoms with Crippen molar-refractivity contribution in [2.24, 2.45) is 7.05 Å². The maximum absolute atomic E-state index is 12.3. The molecule has 0 radical (unpaired) electrons. The van der Waals surface area contributed by atoms with Gasteiger partial charge in [0, 0.05) is 7.05 Å². The molecule has 1 aromatic carbocycles. The van der Waals surface area contributed by atoms with Crippen molar-refractivity contribution in [3.05, 3.63) is 29.6 Å². The number of benzene rings is 1. The molecule has 0 spiro atoms. The molecule has 102 valence electrons. The molecule has 0 saturated carbocycles. The molecule has 2 aromatic rings. The first-order valence-corrected chi connectivity index (χ1v) is 7.03. The number of hydrogen-bond donors (Lipinski definition) is 2. The van der Waals surface area contributed by atoms with E-state index in [-0.39, 0.29) is 16.5 Å². The van der Waals surface area contributed by atoms with Crippen molar-refractivity contribution in [2.75, 3.05) is 10.5 Å². The smallest absolute Gasteiger partial charge is 0.266 e. The summed E-state index contributed by atoms with van der Waals surface area (Å²) < 4.78 is 28.2.